The first-order chi connectivity index (χ1) is 16.4. The van der Waals surface area contributed by atoms with Crippen LogP contribution in [0.4, 0.5) is 17.1 Å². The zero-order valence-electron chi connectivity index (χ0n) is 19.1. The molecule has 1 aliphatic carbocycles. The minimum Gasteiger partial charge on any atom is -0.481 e. The smallest absolute Gasteiger partial charge is 0.307 e. The zero-order valence-corrected chi connectivity index (χ0v) is 19.1. The van der Waals surface area contributed by atoms with Gasteiger partial charge in [-0.25, -0.2) is 0 Å². The molecule has 1 aliphatic heterocycles. The second-order valence-corrected chi connectivity index (χ2v) is 8.64. The van der Waals surface area contributed by atoms with Crippen LogP contribution in [-0.2, 0) is 14.3 Å². The molecule has 0 bridgehead atoms. The van der Waals surface area contributed by atoms with Crippen molar-refractivity contribution >= 4 is 34.8 Å². The Hall–Kier alpha value is -3.65. The van der Waals surface area contributed by atoms with E-state index in [1.807, 2.05) is 43.3 Å². The van der Waals surface area contributed by atoms with E-state index >= 15 is 0 Å². The third kappa shape index (κ3) is 5.46. The number of carbonyl (C=O) groups is 3. The lowest BCUT2D eigenvalue weighted by molar-refractivity contribution is -0.146. The van der Waals surface area contributed by atoms with Crippen LogP contribution in [-0.4, -0.2) is 49.2 Å². The Morgan fingerprint density at radius 3 is 2.35 bits per heavy atom. The molecule has 2 atom stereocenters. The number of carbonyl (C=O) groups excluding carboxylic acids is 2. The van der Waals surface area contributed by atoms with Crippen molar-refractivity contribution in [2.24, 2.45) is 11.8 Å². The second kappa shape index (κ2) is 10.5. The van der Waals surface area contributed by atoms with E-state index in [1.54, 1.807) is 18.2 Å². The number of allylic oxidation sites excluding steroid dienone is 2. The van der Waals surface area contributed by atoms with E-state index in [9.17, 15) is 19.5 Å². The number of hydrogen-bond donors (Lipinski definition) is 3. The summed E-state index contributed by atoms with van der Waals surface area (Å²) in [7, 11) is 0. The Labute approximate surface area is 198 Å². The van der Waals surface area contributed by atoms with E-state index in [0.717, 1.165) is 11.3 Å². The summed E-state index contributed by atoms with van der Waals surface area (Å²) in [6.07, 6.45) is 4.34. The van der Waals surface area contributed by atoms with Gasteiger partial charge in [-0.2, -0.15) is 0 Å². The molecule has 2 aliphatic rings. The SMILES string of the molecule is Cc1cccc(NC(=O)c2cc(NC(=O)[C@@H]3CC=CC[C@@H]3C(=O)O)ccc2N2CCOCC2)c1. The lowest BCUT2D eigenvalue weighted by Crippen LogP contribution is -2.37. The van der Waals surface area contributed by atoms with Gasteiger partial charge < -0.3 is 25.4 Å². The summed E-state index contributed by atoms with van der Waals surface area (Å²) in [4.78, 5) is 39.9. The van der Waals surface area contributed by atoms with Crippen LogP contribution in [0, 0.1) is 18.8 Å². The third-order valence-corrected chi connectivity index (χ3v) is 6.22. The predicted octanol–water partition coefficient (Wildman–Crippen LogP) is 3.69. The van der Waals surface area contributed by atoms with Crippen molar-refractivity contribution in [3.05, 3.63) is 65.7 Å². The van der Waals surface area contributed by atoms with Gasteiger partial charge in [0.25, 0.3) is 5.91 Å². The Balaban J connectivity index is 1.60. The number of amides is 2. The maximum absolute atomic E-state index is 13.3. The van der Waals surface area contributed by atoms with Gasteiger partial charge in [-0.1, -0.05) is 24.3 Å². The number of nitrogens with zero attached hydrogens (tertiary/aromatic N) is 1. The monoisotopic (exact) mass is 463 g/mol. The standard InChI is InChI=1S/C26H29N3O5/c1-17-5-4-6-18(15-17)27-25(31)22-16-19(9-10-23(22)29-11-13-34-14-12-29)28-24(30)20-7-2-3-8-21(20)26(32)33/h2-6,9-10,15-16,20-21H,7-8,11-14H2,1H3,(H,27,31)(H,28,30)(H,32,33)/t20-,21+/m1/s1. The number of hydrogen-bond acceptors (Lipinski definition) is 5. The number of aryl methyl sites for hydroxylation is 1. The van der Waals surface area contributed by atoms with Crippen molar-refractivity contribution in [2.45, 2.75) is 19.8 Å². The molecule has 34 heavy (non-hydrogen) atoms. The molecule has 0 saturated carbocycles. The first-order valence-electron chi connectivity index (χ1n) is 11.5. The van der Waals surface area contributed by atoms with Crippen molar-refractivity contribution in [1.29, 1.82) is 0 Å². The lowest BCUT2D eigenvalue weighted by atomic mass is 9.82. The van der Waals surface area contributed by atoms with Gasteiger partial charge in [0.15, 0.2) is 0 Å². The van der Waals surface area contributed by atoms with Crippen molar-refractivity contribution in [1.82, 2.24) is 0 Å². The zero-order chi connectivity index (χ0) is 24.1. The molecule has 1 heterocycles. The second-order valence-electron chi connectivity index (χ2n) is 8.64. The normalized spacial score (nSPS) is 20.0. The molecular formula is C26H29N3O5. The van der Waals surface area contributed by atoms with Gasteiger partial charge in [0.2, 0.25) is 5.91 Å². The molecule has 0 radical (unpaired) electrons. The summed E-state index contributed by atoms with van der Waals surface area (Å²) in [5.74, 6) is -3.05. The van der Waals surface area contributed by atoms with Gasteiger partial charge in [0.1, 0.15) is 0 Å². The predicted molar refractivity (Wildman–Crippen MR) is 130 cm³/mol. The van der Waals surface area contributed by atoms with E-state index in [2.05, 4.69) is 15.5 Å². The molecule has 0 spiro atoms. The van der Waals surface area contributed by atoms with Crippen molar-refractivity contribution in [3.63, 3.8) is 0 Å². The number of morpholine rings is 1. The summed E-state index contributed by atoms with van der Waals surface area (Å²) in [5.41, 5.74) is 3.36. The van der Waals surface area contributed by atoms with Gasteiger partial charge in [-0.3, -0.25) is 14.4 Å². The first-order valence-corrected chi connectivity index (χ1v) is 11.5. The first kappa shape index (κ1) is 23.5. The lowest BCUT2D eigenvalue weighted by Gasteiger charge is -2.30. The Kier molecular flexibility index (Phi) is 7.27. The molecule has 3 N–H and O–H groups in total. The molecule has 4 rings (SSSR count). The highest BCUT2D eigenvalue weighted by Gasteiger charge is 2.34. The van der Waals surface area contributed by atoms with E-state index in [-0.39, 0.29) is 11.8 Å². The quantitative estimate of drug-likeness (QED) is 0.564. The van der Waals surface area contributed by atoms with Crippen LogP contribution in [0.15, 0.2) is 54.6 Å². The van der Waals surface area contributed by atoms with Crippen LogP contribution in [0.2, 0.25) is 0 Å². The fraction of sp³-hybridized carbons (Fsp3) is 0.346. The average Bonchev–Trinajstić information content (AvgIpc) is 2.84. The number of carboxylic acids is 1. The maximum Gasteiger partial charge on any atom is 0.307 e. The summed E-state index contributed by atoms with van der Waals surface area (Å²) in [6, 6.07) is 12.8. The van der Waals surface area contributed by atoms with Gasteiger partial charge >= 0.3 is 5.97 Å². The molecular weight excluding hydrogens is 434 g/mol. The van der Waals surface area contributed by atoms with Gasteiger partial charge in [-0.15, -0.1) is 0 Å². The fourth-order valence-electron chi connectivity index (χ4n) is 4.41. The molecule has 8 nitrogen and oxygen atoms in total. The molecule has 8 heteroatoms. The van der Waals surface area contributed by atoms with Crippen molar-refractivity contribution < 1.29 is 24.2 Å². The third-order valence-electron chi connectivity index (χ3n) is 6.22. The van der Waals surface area contributed by atoms with E-state index in [1.165, 1.54) is 0 Å². The Morgan fingerprint density at radius 1 is 0.941 bits per heavy atom. The number of rotatable bonds is 6. The van der Waals surface area contributed by atoms with E-state index in [0.29, 0.717) is 56.1 Å². The fourth-order valence-corrected chi connectivity index (χ4v) is 4.41. The van der Waals surface area contributed by atoms with Crippen LogP contribution in [0.5, 0.6) is 0 Å². The number of nitrogens with one attached hydrogen (secondary N) is 2. The van der Waals surface area contributed by atoms with E-state index < -0.39 is 17.8 Å². The number of benzene rings is 2. The molecule has 1 saturated heterocycles. The highest BCUT2D eigenvalue weighted by atomic mass is 16.5. The number of ether oxygens (including phenoxy) is 1. The van der Waals surface area contributed by atoms with Gasteiger partial charge in [0, 0.05) is 30.2 Å². The van der Waals surface area contributed by atoms with Crippen LogP contribution in [0.1, 0.15) is 28.8 Å². The molecule has 0 aromatic heterocycles. The Bertz CT molecular complexity index is 1110. The molecule has 2 aromatic rings. The van der Waals surface area contributed by atoms with Crippen LogP contribution in [0.25, 0.3) is 0 Å². The molecule has 1 fully saturated rings. The van der Waals surface area contributed by atoms with Gasteiger partial charge in [0.05, 0.1) is 30.6 Å². The molecule has 2 amide bonds. The molecule has 178 valence electrons. The minimum absolute atomic E-state index is 0.285. The summed E-state index contributed by atoms with van der Waals surface area (Å²) >= 11 is 0. The molecule has 2 aromatic carbocycles. The van der Waals surface area contributed by atoms with E-state index in [4.69, 9.17) is 4.74 Å². The maximum atomic E-state index is 13.3. The number of carboxylic acid groups (broad SMARTS) is 1. The highest BCUT2D eigenvalue weighted by molar-refractivity contribution is 6.09. The summed E-state index contributed by atoms with van der Waals surface area (Å²) in [6.45, 7) is 4.42. The highest BCUT2D eigenvalue weighted by Crippen LogP contribution is 2.30. The van der Waals surface area contributed by atoms with Crippen molar-refractivity contribution in [3.8, 4) is 0 Å². The largest absolute Gasteiger partial charge is 0.481 e. The van der Waals surface area contributed by atoms with Crippen molar-refractivity contribution in [2.75, 3.05) is 41.8 Å². The average molecular weight is 464 g/mol. The van der Waals surface area contributed by atoms with Gasteiger partial charge in [-0.05, 0) is 55.7 Å². The minimum atomic E-state index is -0.981. The number of anilines is 3. The topological polar surface area (TPSA) is 108 Å². The molecule has 0 unspecified atom stereocenters. The summed E-state index contributed by atoms with van der Waals surface area (Å²) < 4.78 is 5.45. The summed E-state index contributed by atoms with van der Waals surface area (Å²) in [5, 5.41) is 15.3. The van der Waals surface area contributed by atoms with Crippen LogP contribution >= 0.6 is 0 Å². The Morgan fingerprint density at radius 2 is 1.65 bits per heavy atom. The number of aliphatic carboxylic acids is 1. The van der Waals surface area contributed by atoms with Crippen LogP contribution < -0.4 is 15.5 Å². The van der Waals surface area contributed by atoms with Crippen LogP contribution in [0.3, 0.4) is 0 Å².